The molecule has 4 aromatic rings. The number of piperazine rings is 1. The molecular weight excluding hydrogens is 490 g/mol. The highest BCUT2D eigenvalue weighted by Gasteiger charge is 2.33. The van der Waals surface area contributed by atoms with Gasteiger partial charge in [-0.15, -0.1) is 0 Å². The first kappa shape index (κ1) is 23.6. The first-order valence-electron chi connectivity index (χ1n) is 12.3. The van der Waals surface area contributed by atoms with Gasteiger partial charge in [0, 0.05) is 44.4 Å². The Hall–Kier alpha value is -3.82. The number of aromatic nitrogens is 1. The largest absolute Gasteiger partial charge is 0.486 e. The van der Waals surface area contributed by atoms with Crippen LogP contribution in [0.5, 0.6) is 11.5 Å². The third-order valence-electron chi connectivity index (χ3n) is 6.59. The topological polar surface area (TPSA) is 85.1 Å². The molecule has 3 aromatic carbocycles. The Balaban J connectivity index is 1.32. The number of hydrogen-bond acceptors (Lipinski definition) is 8. The molecular formula is C28H27N3O5S. The van der Waals surface area contributed by atoms with Gasteiger partial charge in [0.2, 0.25) is 26.6 Å². The zero-order chi connectivity index (χ0) is 25.2. The van der Waals surface area contributed by atoms with Gasteiger partial charge in [-0.05, 0) is 29.8 Å². The van der Waals surface area contributed by atoms with Crippen LogP contribution in [0.2, 0.25) is 0 Å². The van der Waals surface area contributed by atoms with Crippen LogP contribution in [0.25, 0.3) is 11.5 Å². The van der Waals surface area contributed by atoms with E-state index in [-0.39, 0.29) is 21.7 Å². The van der Waals surface area contributed by atoms with Crippen molar-refractivity contribution in [3.63, 3.8) is 0 Å². The van der Waals surface area contributed by atoms with Crippen molar-refractivity contribution in [2.45, 2.75) is 16.5 Å². The van der Waals surface area contributed by atoms with E-state index in [2.05, 4.69) is 22.0 Å². The van der Waals surface area contributed by atoms with E-state index in [1.165, 1.54) is 17.7 Å². The highest BCUT2D eigenvalue weighted by molar-refractivity contribution is 7.91. The molecule has 3 heterocycles. The fraction of sp³-hybridized carbons (Fsp3) is 0.250. The summed E-state index contributed by atoms with van der Waals surface area (Å²) in [5.41, 5.74) is 1.97. The molecule has 0 unspecified atom stereocenters. The first-order valence-corrected chi connectivity index (χ1v) is 13.8. The fourth-order valence-corrected chi connectivity index (χ4v) is 5.97. The van der Waals surface area contributed by atoms with Gasteiger partial charge in [0.25, 0.3) is 0 Å². The van der Waals surface area contributed by atoms with E-state index in [1.807, 2.05) is 53.4 Å². The van der Waals surface area contributed by atoms with Gasteiger partial charge in [0.1, 0.15) is 13.2 Å². The van der Waals surface area contributed by atoms with E-state index in [1.54, 1.807) is 6.07 Å². The molecule has 37 heavy (non-hydrogen) atoms. The summed E-state index contributed by atoms with van der Waals surface area (Å²) in [5, 5.41) is -0.0838. The van der Waals surface area contributed by atoms with E-state index in [0.29, 0.717) is 37.8 Å². The predicted molar refractivity (Wildman–Crippen MR) is 139 cm³/mol. The maximum absolute atomic E-state index is 13.9. The predicted octanol–water partition coefficient (Wildman–Crippen LogP) is 4.27. The van der Waals surface area contributed by atoms with Crippen LogP contribution in [0.15, 0.2) is 93.2 Å². The molecule has 0 radical (unpaired) electrons. The van der Waals surface area contributed by atoms with Crippen LogP contribution in [0, 0.1) is 0 Å². The van der Waals surface area contributed by atoms with Crippen LogP contribution in [-0.2, 0) is 16.4 Å². The highest BCUT2D eigenvalue weighted by atomic mass is 32.2. The van der Waals surface area contributed by atoms with Crippen molar-refractivity contribution in [2.75, 3.05) is 44.3 Å². The molecule has 190 valence electrons. The minimum absolute atomic E-state index is 0.0838. The quantitative estimate of drug-likeness (QED) is 0.375. The van der Waals surface area contributed by atoms with Gasteiger partial charge in [-0.1, -0.05) is 48.5 Å². The van der Waals surface area contributed by atoms with E-state index < -0.39 is 9.84 Å². The summed E-state index contributed by atoms with van der Waals surface area (Å²) in [6.45, 7) is 4.46. The number of sulfone groups is 1. The van der Waals surface area contributed by atoms with Crippen LogP contribution in [-0.4, -0.2) is 57.7 Å². The van der Waals surface area contributed by atoms with Gasteiger partial charge in [-0.25, -0.2) is 8.42 Å². The summed E-state index contributed by atoms with van der Waals surface area (Å²) >= 11 is 0. The Labute approximate surface area is 216 Å². The molecule has 0 spiro atoms. The average molecular weight is 518 g/mol. The summed E-state index contributed by atoms with van der Waals surface area (Å²) in [4.78, 5) is 8.95. The number of nitrogens with zero attached hydrogens (tertiary/aromatic N) is 3. The lowest BCUT2D eigenvalue weighted by Gasteiger charge is -2.34. The summed E-state index contributed by atoms with van der Waals surface area (Å²) in [7, 11) is -4.00. The minimum Gasteiger partial charge on any atom is -0.486 e. The van der Waals surface area contributed by atoms with E-state index in [0.717, 1.165) is 25.2 Å². The maximum Gasteiger partial charge on any atom is 0.236 e. The third-order valence-corrected chi connectivity index (χ3v) is 8.24. The Bertz CT molecular complexity index is 1480. The Morgan fingerprint density at radius 3 is 2.19 bits per heavy atom. The molecule has 0 atom stereocenters. The van der Waals surface area contributed by atoms with E-state index >= 15 is 0 Å². The SMILES string of the molecule is O=S(=O)(c1ccc2c(c1)OCCO2)c1nc(-c2ccccc2)oc1N1CCN(Cc2ccccc2)CC1. The van der Waals surface area contributed by atoms with Gasteiger partial charge in [-0.2, -0.15) is 4.98 Å². The lowest BCUT2D eigenvalue weighted by molar-refractivity contribution is 0.171. The number of ether oxygens (including phenoxy) is 2. The smallest absolute Gasteiger partial charge is 0.236 e. The molecule has 0 N–H and O–H groups in total. The molecule has 8 nitrogen and oxygen atoms in total. The normalized spacial score (nSPS) is 16.1. The molecule has 9 heteroatoms. The van der Waals surface area contributed by atoms with Crippen molar-refractivity contribution < 1.29 is 22.3 Å². The summed E-state index contributed by atoms with van der Waals surface area (Å²) < 4.78 is 45.1. The summed E-state index contributed by atoms with van der Waals surface area (Å²) in [6.07, 6.45) is 0. The number of anilines is 1. The standard InChI is InChI=1S/C28H27N3O5S/c32-37(33,23-11-12-24-25(19-23)35-18-17-34-24)27-28(36-26(29-27)22-9-5-2-6-10-22)31-15-13-30(14-16-31)20-21-7-3-1-4-8-21/h1-12,19H,13-18,20H2. The molecule has 1 aromatic heterocycles. The van der Waals surface area contributed by atoms with Crippen molar-refractivity contribution in [2.24, 2.45) is 0 Å². The molecule has 1 saturated heterocycles. The van der Waals surface area contributed by atoms with E-state index in [4.69, 9.17) is 13.9 Å². The number of fused-ring (bicyclic) bond motifs is 1. The van der Waals surface area contributed by atoms with Crippen LogP contribution in [0.1, 0.15) is 5.56 Å². The molecule has 0 amide bonds. The molecule has 0 aliphatic carbocycles. The minimum atomic E-state index is -4.00. The number of rotatable bonds is 6. The van der Waals surface area contributed by atoms with Crippen LogP contribution in [0.3, 0.4) is 0 Å². The van der Waals surface area contributed by atoms with Crippen LogP contribution in [0.4, 0.5) is 5.88 Å². The Morgan fingerprint density at radius 2 is 1.46 bits per heavy atom. The monoisotopic (exact) mass is 517 g/mol. The third kappa shape index (κ3) is 4.80. The number of hydrogen-bond donors (Lipinski definition) is 0. The molecule has 1 fully saturated rings. The van der Waals surface area contributed by atoms with Gasteiger partial charge < -0.3 is 18.8 Å². The van der Waals surface area contributed by atoms with Gasteiger partial charge >= 0.3 is 0 Å². The van der Waals surface area contributed by atoms with Crippen LogP contribution < -0.4 is 14.4 Å². The second-order valence-corrected chi connectivity index (χ2v) is 10.9. The lowest BCUT2D eigenvalue weighted by atomic mass is 10.2. The van der Waals surface area contributed by atoms with Crippen LogP contribution >= 0.6 is 0 Å². The van der Waals surface area contributed by atoms with Gasteiger partial charge in [-0.3, -0.25) is 4.90 Å². The van der Waals surface area contributed by atoms with Crippen molar-refractivity contribution >= 4 is 15.7 Å². The van der Waals surface area contributed by atoms with E-state index in [9.17, 15) is 8.42 Å². The van der Waals surface area contributed by atoms with Crippen molar-refractivity contribution in [3.05, 3.63) is 84.4 Å². The molecule has 2 aliphatic rings. The second kappa shape index (κ2) is 9.91. The average Bonchev–Trinajstić information content (AvgIpc) is 3.41. The highest BCUT2D eigenvalue weighted by Crippen LogP contribution is 2.38. The molecule has 6 rings (SSSR count). The second-order valence-electron chi connectivity index (χ2n) is 9.05. The lowest BCUT2D eigenvalue weighted by Crippen LogP contribution is -2.46. The molecule has 0 saturated carbocycles. The zero-order valence-corrected chi connectivity index (χ0v) is 21.1. The fourth-order valence-electron chi connectivity index (χ4n) is 4.63. The number of benzene rings is 3. The molecule has 2 aliphatic heterocycles. The van der Waals surface area contributed by atoms with Gasteiger partial charge in [0.15, 0.2) is 11.5 Å². The zero-order valence-electron chi connectivity index (χ0n) is 20.2. The van der Waals surface area contributed by atoms with Gasteiger partial charge in [0.05, 0.1) is 4.90 Å². The Morgan fingerprint density at radius 1 is 0.784 bits per heavy atom. The first-order chi connectivity index (χ1) is 18.1. The van der Waals surface area contributed by atoms with Crippen molar-refractivity contribution in [1.82, 2.24) is 9.88 Å². The van der Waals surface area contributed by atoms with Crippen molar-refractivity contribution in [1.29, 1.82) is 0 Å². The maximum atomic E-state index is 13.9. The molecule has 0 bridgehead atoms. The Kier molecular flexibility index (Phi) is 6.31. The van der Waals surface area contributed by atoms with Crippen molar-refractivity contribution in [3.8, 4) is 23.0 Å². The summed E-state index contributed by atoms with van der Waals surface area (Å²) in [6, 6.07) is 24.3. The summed E-state index contributed by atoms with van der Waals surface area (Å²) in [5.74, 6) is 1.49. The number of oxazole rings is 1.